The van der Waals surface area contributed by atoms with E-state index < -0.39 is 0 Å². The fraction of sp³-hybridized carbons (Fsp3) is 0.357. The normalized spacial score (nSPS) is 13.6. The Morgan fingerprint density at radius 1 is 1.26 bits per heavy atom. The van der Waals surface area contributed by atoms with Gasteiger partial charge >= 0.3 is 0 Å². The SMILES string of the molecule is CNCc1nc(-c2ccc3c(c2)OCCO3)c(C)[nH]1. The van der Waals surface area contributed by atoms with E-state index >= 15 is 0 Å². The molecule has 5 nitrogen and oxygen atoms in total. The van der Waals surface area contributed by atoms with Gasteiger partial charge in [-0.15, -0.1) is 0 Å². The summed E-state index contributed by atoms with van der Waals surface area (Å²) in [6, 6.07) is 5.94. The summed E-state index contributed by atoms with van der Waals surface area (Å²) >= 11 is 0. The van der Waals surface area contributed by atoms with Gasteiger partial charge in [-0.05, 0) is 32.2 Å². The highest BCUT2D eigenvalue weighted by Crippen LogP contribution is 2.34. The van der Waals surface area contributed by atoms with Crippen LogP contribution in [0.5, 0.6) is 11.5 Å². The summed E-state index contributed by atoms with van der Waals surface area (Å²) in [5, 5.41) is 3.09. The number of rotatable bonds is 3. The smallest absolute Gasteiger partial charge is 0.162 e. The van der Waals surface area contributed by atoms with E-state index in [1.54, 1.807) is 0 Å². The molecule has 100 valence electrons. The van der Waals surface area contributed by atoms with Crippen molar-refractivity contribution in [1.82, 2.24) is 15.3 Å². The number of ether oxygens (including phenoxy) is 2. The number of hydrogen-bond acceptors (Lipinski definition) is 4. The lowest BCUT2D eigenvalue weighted by Gasteiger charge is -2.18. The van der Waals surface area contributed by atoms with Crippen molar-refractivity contribution in [3.05, 3.63) is 29.7 Å². The molecule has 5 heteroatoms. The van der Waals surface area contributed by atoms with E-state index in [0.717, 1.165) is 40.8 Å². The molecule has 1 aliphatic rings. The Bertz CT molecular complexity index is 592. The lowest BCUT2D eigenvalue weighted by molar-refractivity contribution is 0.171. The summed E-state index contributed by atoms with van der Waals surface area (Å²) in [4.78, 5) is 7.88. The maximum atomic E-state index is 5.60. The van der Waals surface area contributed by atoms with Gasteiger partial charge in [0.1, 0.15) is 19.0 Å². The van der Waals surface area contributed by atoms with Gasteiger partial charge in [-0.3, -0.25) is 0 Å². The van der Waals surface area contributed by atoms with Crippen molar-refractivity contribution in [2.75, 3.05) is 20.3 Å². The molecule has 0 radical (unpaired) electrons. The Hall–Kier alpha value is -2.01. The molecule has 1 aromatic heterocycles. The molecule has 1 aromatic carbocycles. The van der Waals surface area contributed by atoms with Crippen molar-refractivity contribution < 1.29 is 9.47 Å². The number of H-pyrrole nitrogens is 1. The number of aromatic amines is 1. The number of aryl methyl sites for hydroxylation is 1. The van der Waals surface area contributed by atoms with E-state index in [2.05, 4.69) is 15.3 Å². The average Bonchev–Trinajstić information content (AvgIpc) is 2.79. The molecule has 0 spiro atoms. The number of benzene rings is 1. The molecule has 2 heterocycles. The van der Waals surface area contributed by atoms with Gasteiger partial charge in [-0.1, -0.05) is 0 Å². The minimum atomic E-state index is 0.598. The molecule has 0 saturated carbocycles. The molecule has 0 bridgehead atoms. The molecule has 0 saturated heterocycles. The number of hydrogen-bond donors (Lipinski definition) is 2. The Kier molecular flexibility index (Phi) is 3.13. The van der Waals surface area contributed by atoms with Gasteiger partial charge in [0.2, 0.25) is 0 Å². The van der Waals surface area contributed by atoms with Crippen molar-refractivity contribution in [3.63, 3.8) is 0 Å². The van der Waals surface area contributed by atoms with Crippen LogP contribution in [0.25, 0.3) is 11.3 Å². The fourth-order valence-electron chi connectivity index (χ4n) is 2.25. The second-order valence-electron chi connectivity index (χ2n) is 4.55. The first-order valence-electron chi connectivity index (χ1n) is 6.38. The first-order chi connectivity index (χ1) is 9.28. The van der Waals surface area contributed by atoms with Crippen molar-refractivity contribution in [1.29, 1.82) is 0 Å². The predicted molar refractivity (Wildman–Crippen MR) is 72.5 cm³/mol. The molecule has 0 unspecified atom stereocenters. The molecular formula is C14H17N3O2. The summed E-state index contributed by atoms with van der Waals surface area (Å²) in [6.45, 7) is 3.96. The third-order valence-corrected chi connectivity index (χ3v) is 3.09. The van der Waals surface area contributed by atoms with Crippen LogP contribution in [0.3, 0.4) is 0 Å². The Morgan fingerprint density at radius 2 is 2.05 bits per heavy atom. The zero-order valence-corrected chi connectivity index (χ0v) is 11.1. The summed E-state index contributed by atoms with van der Waals surface area (Å²) in [7, 11) is 1.90. The van der Waals surface area contributed by atoms with Gasteiger partial charge in [0.25, 0.3) is 0 Å². The number of fused-ring (bicyclic) bond motifs is 1. The molecule has 19 heavy (non-hydrogen) atoms. The summed E-state index contributed by atoms with van der Waals surface area (Å²) < 4.78 is 11.1. The maximum absolute atomic E-state index is 5.60. The largest absolute Gasteiger partial charge is 0.486 e. The van der Waals surface area contributed by atoms with E-state index in [-0.39, 0.29) is 0 Å². The molecule has 0 fully saturated rings. The van der Waals surface area contributed by atoms with Gasteiger partial charge in [0, 0.05) is 11.3 Å². The highest BCUT2D eigenvalue weighted by atomic mass is 16.6. The Balaban J connectivity index is 1.97. The minimum absolute atomic E-state index is 0.598. The third kappa shape index (κ3) is 2.29. The van der Waals surface area contributed by atoms with Crippen LogP contribution < -0.4 is 14.8 Å². The van der Waals surface area contributed by atoms with Crippen molar-refractivity contribution >= 4 is 0 Å². The highest BCUT2D eigenvalue weighted by Gasteiger charge is 2.15. The Morgan fingerprint density at radius 3 is 2.84 bits per heavy atom. The Labute approximate surface area is 112 Å². The zero-order valence-electron chi connectivity index (χ0n) is 11.1. The van der Waals surface area contributed by atoms with Crippen LogP contribution in [0.2, 0.25) is 0 Å². The van der Waals surface area contributed by atoms with Crippen LogP contribution >= 0.6 is 0 Å². The van der Waals surface area contributed by atoms with Crippen LogP contribution in [0.1, 0.15) is 11.5 Å². The number of nitrogens with one attached hydrogen (secondary N) is 2. The van der Waals surface area contributed by atoms with Gasteiger partial charge in [0.05, 0.1) is 12.2 Å². The summed E-state index contributed by atoms with van der Waals surface area (Å²) in [6.07, 6.45) is 0. The molecule has 1 aliphatic heterocycles. The first kappa shape index (κ1) is 12.0. The maximum Gasteiger partial charge on any atom is 0.162 e. The molecule has 0 atom stereocenters. The van der Waals surface area contributed by atoms with E-state index in [1.807, 2.05) is 32.2 Å². The van der Waals surface area contributed by atoms with Crippen LogP contribution in [0, 0.1) is 6.92 Å². The highest BCUT2D eigenvalue weighted by molar-refractivity contribution is 5.66. The van der Waals surface area contributed by atoms with Gasteiger partial charge < -0.3 is 19.8 Å². The quantitative estimate of drug-likeness (QED) is 0.883. The number of imidazole rings is 1. The average molecular weight is 259 g/mol. The second-order valence-corrected chi connectivity index (χ2v) is 4.55. The second kappa shape index (κ2) is 4.93. The van der Waals surface area contributed by atoms with Crippen LogP contribution in [0.4, 0.5) is 0 Å². The third-order valence-electron chi connectivity index (χ3n) is 3.09. The fourth-order valence-corrected chi connectivity index (χ4v) is 2.25. The van der Waals surface area contributed by atoms with Crippen LogP contribution in [-0.4, -0.2) is 30.2 Å². The molecular weight excluding hydrogens is 242 g/mol. The summed E-state index contributed by atoms with van der Waals surface area (Å²) in [5.41, 5.74) is 3.06. The van der Waals surface area contributed by atoms with Gasteiger partial charge in [-0.25, -0.2) is 4.98 Å². The lowest BCUT2D eigenvalue weighted by Crippen LogP contribution is -2.15. The molecule has 2 aromatic rings. The van der Waals surface area contributed by atoms with E-state index in [9.17, 15) is 0 Å². The van der Waals surface area contributed by atoms with Crippen molar-refractivity contribution in [2.24, 2.45) is 0 Å². The van der Waals surface area contributed by atoms with Crippen LogP contribution in [-0.2, 0) is 6.54 Å². The molecule has 2 N–H and O–H groups in total. The lowest BCUT2D eigenvalue weighted by atomic mass is 10.1. The van der Waals surface area contributed by atoms with Gasteiger partial charge in [0.15, 0.2) is 11.5 Å². The topological polar surface area (TPSA) is 59.2 Å². The predicted octanol–water partition coefficient (Wildman–Crippen LogP) is 1.88. The molecule has 3 rings (SSSR count). The van der Waals surface area contributed by atoms with Crippen LogP contribution in [0.15, 0.2) is 18.2 Å². The van der Waals surface area contributed by atoms with Crippen molar-refractivity contribution in [3.8, 4) is 22.8 Å². The summed E-state index contributed by atoms with van der Waals surface area (Å²) in [5.74, 6) is 2.53. The monoisotopic (exact) mass is 259 g/mol. The first-order valence-corrected chi connectivity index (χ1v) is 6.38. The number of aromatic nitrogens is 2. The van der Waals surface area contributed by atoms with E-state index in [4.69, 9.17) is 9.47 Å². The van der Waals surface area contributed by atoms with E-state index in [1.165, 1.54) is 0 Å². The van der Waals surface area contributed by atoms with Gasteiger partial charge in [-0.2, -0.15) is 0 Å². The minimum Gasteiger partial charge on any atom is -0.486 e. The molecule has 0 amide bonds. The standard InChI is InChI=1S/C14H17N3O2/c1-9-14(17-13(16-9)8-15-2)10-3-4-11-12(7-10)19-6-5-18-11/h3-4,7,15H,5-6,8H2,1-2H3,(H,16,17). The van der Waals surface area contributed by atoms with E-state index in [0.29, 0.717) is 13.2 Å². The zero-order chi connectivity index (χ0) is 13.2. The number of nitrogens with zero attached hydrogens (tertiary/aromatic N) is 1. The molecule has 0 aliphatic carbocycles. The van der Waals surface area contributed by atoms with Crippen molar-refractivity contribution in [2.45, 2.75) is 13.5 Å².